The Morgan fingerprint density at radius 2 is 1.83 bits per heavy atom. The molecule has 0 radical (unpaired) electrons. The van der Waals surface area contributed by atoms with Crippen molar-refractivity contribution in [1.29, 1.82) is 0 Å². The van der Waals surface area contributed by atoms with Gasteiger partial charge in [0.15, 0.2) is 5.58 Å². The van der Waals surface area contributed by atoms with Gasteiger partial charge in [-0.25, -0.2) is 4.79 Å². The van der Waals surface area contributed by atoms with Crippen LogP contribution in [0.5, 0.6) is 0 Å². The molecule has 7 heteroatoms. The number of carbonyl (C=O) groups is 1. The standard InChI is InChI=1S/C16H12Cl2N2O3/c1-9(15(21)19-12-7-10(17)6-11(18)8-12)20-13-4-2-3-5-14(13)23-16(20)22/h2-9H,1H3,(H,19,21). The van der Waals surface area contributed by atoms with E-state index in [1.165, 1.54) is 4.57 Å². The highest BCUT2D eigenvalue weighted by molar-refractivity contribution is 6.35. The maximum absolute atomic E-state index is 12.4. The number of amides is 1. The summed E-state index contributed by atoms with van der Waals surface area (Å²) < 4.78 is 6.45. The number of hydrogen-bond acceptors (Lipinski definition) is 3. The van der Waals surface area contributed by atoms with Crippen molar-refractivity contribution >= 4 is 45.9 Å². The lowest BCUT2D eigenvalue weighted by Gasteiger charge is -2.13. The molecule has 0 aliphatic heterocycles. The highest BCUT2D eigenvalue weighted by Crippen LogP contribution is 2.24. The van der Waals surface area contributed by atoms with E-state index in [-0.39, 0.29) is 5.91 Å². The molecule has 3 aromatic rings. The maximum Gasteiger partial charge on any atom is 0.420 e. The third-order valence-corrected chi connectivity index (χ3v) is 3.85. The molecule has 0 bridgehead atoms. The van der Waals surface area contributed by atoms with E-state index in [0.717, 1.165) is 0 Å². The van der Waals surface area contributed by atoms with Gasteiger partial charge in [0.05, 0.1) is 5.52 Å². The lowest BCUT2D eigenvalue weighted by Crippen LogP contribution is -2.29. The summed E-state index contributed by atoms with van der Waals surface area (Å²) in [5.74, 6) is -0.963. The van der Waals surface area contributed by atoms with Crippen molar-refractivity contribution in [3.05, 3.63) is 63.1 Å². The molecule has 1 amide bonds. The largest absolute Gasteiger partial charge is 0.420 e. The Morgan fingerprint density at radius 1 is 1.17 bits per heavy atom. The van der Waals surface area contributed by atoms with Gasteiger partial charge in [-0.3, -0.25) is 9.36 Å². The Balaban J connectivity index is 1.92. The quantitative estimate of drug-likeness (QED) is 0.773. The molecule has 0 spiro atoms. The predicted octanol–water partition coefficient (Wildman–Crippen LogP) is 4.10. The maximum atomic E-state index is 12.4. The van der Waals surface area contributed by atoms with E-state index in [4.69, 9.17) is 27.6 Å². The Bertz CT molecular complexity index is 926. The number of para-hydroxylation sites is 2. The molecule has 0 fully saturated rings. The summed E-state index contributed by atoms with van der Waals surface area (Å²) in [4.78, 5) is 24.4. The number of benzene rings is 2. The van der Waals surface area contributed by atoms with Gasteiger partial charge in [0, 0.05) is 15.7 Å². The monoisotopic (exact) mass is 350 g/mol. The molecule has 1 atom stereocenters. The second-order valence-corrected chi connectivity index (χ2v) is 5.90. The van der Waals surface area contributed by atoms with Crippen molar-refractivity contribution < 1.29 is 9.21 Å². The van der Waals surface area contributed by atoms with Crippen LogP contribution in [0.15, 0.2) is 51.7 Å². The van der Waals surface area contributed by atoms with Gasteiger partial charge in [0.2, 0.25) is 5.91 Å². The second-order valence-electron chi connectivity index (χ2n) is 5.03. The Kier molecular flexibility index (Phi) is 4.15. The number of aromatic nitrogens is 1. The van der Waals surface area contributed by atoms with E-state index in [1.807, 2.05) is 0 Å². The first-order chi connectivity index (χ1) is 11.0. The Morgan fingerprint density at radius 3 is 2.52 bits per heavy atom. The SMILES string of the molecule is CC(C(=O)Nc1cc(Cl)cc(Cl)c1)n1c(=O)oc2ccccc21. The van der Waals surface area contributed by atoms with Crippen LogP contribution in [0.4, 0.5) is 5.69 Å². The van der Waals surface area contributed by atoms with Gasteiger partial charge in [-0.1, -0.05) is 35.3 Å². The van der Waals surface area contributed by atoms with E-state index in [0.29, 0.717) is 26.8 Å². The van der Waals surface area contributed by atoms with E-state index >= 15 is 0 Å². The van der Waals surface area contributed by atoms with Gasteiger partial charge in [0.25, 0.3) is 0 Å². The Hall–Kier alpha value is -2.24. The normalized spacial score (nSPS) is 12.3. The van der Waals surface area contributed by atoms with Gasteiger partial charge >= 0.3 is 5.76 Å². The van der Waals surface area contributed by atoms with Crippen LogP contribution < -0.4 is 11.1 Å². The van der Waals surface area contributed by atoms with Crippen molar-refractivity contribution in [3.8, 4) is 0 Å². The molecule has 1 heterocycles. The molecule has 2 aromatic carbocycles. The molecule has 1 unspecified atom stereocenters. The number of carbonyl (C=O) groups excluding carboxylic acids is 1. The number of halogens is 2. The summed E-state index contributed by atoms with van der Waals surface area (Å²) in [6, 6.07) is 10.9. The molecule has 0 aliphatic rings. The molecule has 0 saturated carbocycles. The highest BCUT2D eigenvalue weighted by Gasteiger charge is 2.21. The van der Waals surface area contributed by atoms with Gasteiger partial charge in [-0.15, -0.1) is 0 Å². The number of nitrogens with zero attached hydrogens (tertiary/aromatic N) is 1. The van der Waals surface area contributed by atoms with E-state index in [9.17, 15) is 9.59 Å². The van der Waals surface area contributed by atoms with Crippen LogP contribution in [0.2, 0.25) is 10.0 Å². The van der Waals surface area contributed by atoms with Crippen molar-refractivity contribution in [2.45, 2.75) is 13.0 Å². The van der Waals surface area contributed by atoms with Gasteiger partial charge in [-0.2, -0.15) is 0 Å². The first kappa shape index (κ1) is 15.6. The van der Waals surface area contributed by atoms with Crippen LogP contribution in [0, 0.1) is 0 Å². The molecule has 1 aromatic heterocycles. The third-order valence-electron chi connectivity index (χ3n) is 3.42. The van der Waals surface area contributed by atoms with Crippen LogP contribution in [0.25, 0.3) is 11.1 Å². The Labute approximate surface area is 141 Å². The fourth-order valence-corrected chi connectivity index (χ4v) is 2.87. The number of oxazole rings is 1. The smallest absolute Gasteiger partial charge is 0.408 e. The topological polar surface area (TPSA) is 64.2 Å². The minimum absolute atomic E-state index is 0.378. The first-order valence-corrected chi connectivity index (χ1v) is 7.58. The number of nitrogens with one attached hydrogen (secondary N) is 1. The average Bonchev–Trinajstić information content (AvgIpc) is 2.81. The van der Waals surface area contributed by atoms with Crippen molar-refractivity contribution in [2.75, 3.05) is 5.32 Å². The van der Waals surface area contributed by atoms with Crippen LogP contribution in [-0.2, 0) is 4.79 Å². The molecule has 23 heavy (non-hydrogen) atoms. The fourth-order valence-electron chi connectivity index (χ4n) is 2.34. The number of anilines is 1. The average molecular weight is 351 g/mol. The van der Waals surface area contributed by atoms with Gasteiger partial charge in [0.1, 0.15) is 6.04 Å². The molecular weight excluding hydrogens is 339 g/mol. The first-order valence-electron chi connectivity index (χ1n) is 6.83. The van der Waals surface area contributed by atoms with Crippen LogP contribution >= 0.6 is 23.2 Å². The number of hydrogen-bond donors (Lipinski definition) is 1. The zero-order chi connectivity index (χ0) is 16.6. The van der Waals surface area contributed by atoms with Crippen LogP contribution in [0.1, 0.15) is 13.0 Å². The zero-order valence-electron chi connectivity index (χ0n) is 12.0. The molecular formula is C16H12Cl2N2O3. The summed E-state index contributed by atoms with van der Waals surface area (Å²) in [5, 5.41) is 3.51. The van der Waals surface area contributed by atoms with Gasteiger partial charge < -0.3 is 9.73 Å². The van der Waals surface area contributed by atoms with Crippen molar-refractivity contribution in [3.63, 3.8) is 0 Å². The second kappa shape index (κ2) is 6.10. The molecule has 0 saturated heterocycles. The van der Waals surface area contributed by atoms with E-state index in [2.05, 4.69) is 5.32 Å². The zero-order valence-corrected chi connectivity index (χ0v) is 13.6. The summed E-state index contributed by atoms with van der Waals surface area (Å²) in [6.07, 6.45) is 0. The van der Waals surface area contributed by atoms with Crippen LogP contribution in [-0.4, -0.2) is 10.5 Å². The van der Waals surface area contributed by atoms with Crippen molar-refractivity contribution in [1.82, 2.24) is 4.57 Å². The number of rotatable bonds is 3. The summed E-state index contributed by atoms with van der Waals surface area (Å²) in [5.41, 5.74) is 1.45. The highest BCUT2D eigenvalue weighted by atomic mass is 35.5. The lowest BCUT2D eigenvalue weighted by atomic mass is 10.2. The molecule has 5 nitrogen and oxygen atoms in total. The van der Waals surface area contributed by atoms with E-state index in [1.54, 1.807) is 49.4 Å². The third kappa shape index (κ3) is 3.11. The fraction of sp³-hybridized carbons (Fsp3) is 0.125. The minimum Gasteiger partial charge on any atom is -0.408 e. The van der Waals surface area contributed by atoms with E-state index < -0.39 is 11.8 Å². The predicted molar refractivity (Wildman–Crippen MR) is 90.3 cm³/mol. The molecule has 118 valence electrons. The van der Waals surface area contributed by atoms with Crippen LogP contribution in [0.3, 0.4) is 0 Å². The minimum atomic E-state index is -0.760. The molecule has 3 rings (SSSR count). The van der Waals surface area contributed by atoms with Crippen molar-refractivity contribution in [2.24, 2.45) is 0 Å². The summed E-state index contributed by atoms with van der Waals surface area (Å²) in [6.45, 7) is 1.62. The number of fused-ring (bicyclic) bond motifs is 1. The molecule has 0 aliphatic carbocycles. The lowest BCUT2D eigenvalue weighted by molar-refractivity contribution is -0.118. The summed E-state index contributed by atoms with van der Waals surface area (Å²) in [7, 11) is 0. The summed E-state index contributed by atoms with van der Waals surface area (Å²) >= 11 is 11.8. The van der Waals surface area contributed by atoms with Gasteiger partial charge in [-0.05, 0) is 37.3 Å². The molecule has 1 N–H and O–H groups in total.